The summed E-state index contributed by atoms with van der Waals surface area (Å²) in [5, 5.41) is 10.4. The van der Waals surface area contributed by atoms with Gasteiger partial charge in [-0.15, -0.1) is 11.3 Å². The third-order valence-corrected chi connectivity index (χ3v) is 10.0. The number of rotatable bonds is 3. The first-order valence-corrected chi connectivity index (χ1v) is 15.6. The Bertz CT molecular complexity index is 2430. The predicted molar refractivity (Wildman–Crippen MR) is 188 cm³/mol. The molecule has 43 heavy (non-hydrogen) atoms. The maximum Gasteiger partial charge on any atom is 0.0361 e. The van der Waals surface area contributed by atoms with E-state index in [-0.39, 0.29) is 0 Å². The fourth-order valence-corrected chi connectivity index (χ4v) is 8.05. The van der Waals surface area contributed by atoms with Crippen LogP contribution < -0.4 is 0 Å². The van der Waals surface area contributed by atoms with Gasteiger partial charge in [0.1, 0.15) is 0 Å². The summed E-state index contributed by atoms with van der Waals surface area (Å²) in [6.45, 7) is 0. The van der Waals surface area contributed by atoms with Gasteiger partial charge in [-0.2, -0.15) is 0 Å². The van der Waals surface area contributed by atoms with Gasteiger partial charge in [-0.1, -0.05) is 146 Å². The Morgan fingerprint density at radius 3 is 1.53 bits per heavy atom. The fourth-order valence-electron chi connectivity index (χ4n) is 6.91. The molecule has 0 unspecified atom stereocenters. The quantitative estimate of drug-likeness (QED) is 0.188. The summed E-state index contributed by atoms with van der Waals surface area (Å²) in [6, 6.07) is 58.0. The zero-order chi connectivity index (χ0) is 28.3. The van der Waals surface area contributed by atoms with Gasteiger partial charge in [0.05, 0.1) is 0 Å². The SMILES string of the molecule is c1ccc2c(-c3c4ccccc4c(-c4ccc(-c5ccc6c(c5)sc5ccccc56)cc4)c4ccccc34)cccc2c1. The summed E-state index contributed by atoms with van der Waals surface area (Å²) < 4.78 is 2.68. The van der Waals surface area contributed by atoms with E-state index in [1.165, 1.54) is 85.9 Å². The lowest BCUT2D eigenvalue weighted by atomic mass is 9.84. The van der Waals surface area contributed by atoms with E-state index in [1.807, 2.05) is 11.3 Å². The van der Waals surface area contributed by atoms with Gasteiger partial charge in [0, 0.05) is 20.2 Å². The van der Waals surface area contributed by atoms with Crippen molar-refractivity contribution in [1.29, 1.82) is 0 Å². The highest BCUT2D eigenvalue weighted by molar-refractivity contribution is 7.25. The minimum atomic E-state index is 1.24. The molecule has 0 bridgehead atoms. The molecule has 0 aliphatic carbocycles. The van der Waals surface area contributed by atoms with E-state index < -0.39 is 0 Å². The molecule has 0 radical (unpaired) electrons. The second-order valence-electron chi connectivity index (χ2n) is 11.3. The first kappa shape index (κ1) is 24.4. The van der Waals surface area contributed by atoms with E-state index in [1.54, 1.807) is 0 Å². The van der Waals surface area contributed by atoms with Gasteiger partial charge >= 0.3 is 0 Å². The molecule has 1 heterocycles. The normalized spacial score (nSPS) is 11.7. The van der Waals surface area contributed by atoms with Crippen molar-refractivity contribution in [1.82, 2.24) is 0 Å². The Balaban J connectivity index is 1.24. The molecule has 1 aromatic heterocycles. The molecular weight excluding hydrogens is 537 g/mol. The maximum absolute atomic E-state index is 2.35. The molecule has 8 aromatic carbocycles. The van der Waals surface area contributed by atoms with E-state index in [2.05, 4.69) is 158 Å². The van der Waals surface area contributed by atoms with E-state index in [9.17, 15) is 0 Å². The van der Waals surface area contributed by atoms with Crippen molar-refractivity contribution in [2.24, 2.45) is 0 Å². The highest BCUT2D eigenvalue weighted by Gasteiger charge is 2.18. The minimum Gasteiger partial charge on any atom is -0.135 e. The van der Waals surface area contributed by atoms with E-state index in [0.29, 0.717) is 0 Å². The third kappa shape index (κ3) is 3.82. The van der Waals surface area contributed by atoms with Crippen LogP contribution >= 0.6 is 11.3 Å². The van der Waals surface area contributed by atoms with Gasteiger partial charge in [-0.3, -0.25) is 0 Å². The van der Waals surface area contributed by atoms with E-state index >= 15 is 0 Å². The number of fused-ring (bicyclic) bond motifs is 6. The van der Waals surface area contributed by atoms with E-state index in [0.717, 1.165) is 0 Å². The van der Waals surface area contributed by atoms with Crippen LogP contribution in [0.15, 0.2) is 158 Å². The molecule has 9 aromatic rings. The summed E-state index contributed by atoms with van der Waals surface area (Å²) in [7, 11) is 0. The van der Waals surface area contributed by atoms with Crippen molar-refractivity contribution >= 4 is 63.8 Å². The van der Waals surface area contributed by atoms with Gasteiger partial charge in [0.2, 0.25) is 0 Å². The van der Waals surface area contributed by atoms with Crippen LogP contribution in [0.25, 0.3) is 85.9 Å². The summed E-state index contributed by atoms with van der Waals surface area (Å²) in [5.74, 6) is 0. The molecule has 0 aliphatic heterocycles. The largest absolute Gasteiger partial charge is 0.135 e. The average molecular weight is 563 g/mol. The van der Waals surface area contributed by atoms with Crippen molar-refractivity contribution in [3.05, 3.63) is 158 Å². The molecule has 1 heteroatoms. The molecule has 0 N–H and O–H groups in total. The topological polar surface area (TPSA) is 0 Å². The lowest BCUT2D eigenvalue weighted by Gasteiger charge is -2.19. The Labute approximate surface area is 254 Å². The molecule has 0 fully saturated rings. The molecule has 0 saturated carbocycles. The molecule has 0 atom stereocenters. The van der Waals surface area contributed by atoms with Crippen LogP contribution in [0.2, 0.25) is 0 Å². The van der Waals surface area contributed by atoms with Gasteiger partial charge in [-0.25, -0.2) is 0 Å². The summed E-state index contributed by atoms with van der Waals surface area (Å²) in [4.78, 5) is 0. The van der Waals surface area contributed by atoms with Crippen molar-refractivity contribution < 1.29 is 0 Å². The number of hydrogen-bond donors (Lipinski definition) is 0. The van der Waals surface area contributed by atoms with Crippen LogP contribution in [0.4, 0.5) is 0 Å². The molecule has 0 saturated heterocycles. The van der Waals surface area contributed by atoms with Crippen molar-refractivity contribution in [2.45, 2.75) is 0 Å². The molecule has 200 valence electrons. The maximum atomic E-state index is 2.35. The summed E-state index contributed by atoms with van der Waals surface area (Å²) in [5.41, 5.74) is 7.62. The lowest BCUT2D eigenvalue weighted by Crippen LogP contribution is -1.91. The molecular formula is C42H26S. The van der Waals surface area contributed by atoms with Crippen LogP contribution in [-0.4, -0.2) is 0 Å². The first-order valence-electron chi connectivity index (χ1n) is 14.8. The zero-order valence-electron chi connectivity index (χ0n) is 23.4. The minimum absolute atomic E-state index is 1.24. The fraction of sp³-hybridized carbons (Fsp3) is 0. The summed E-state index contributed by atoms with van der Waals surface area (Å²) in [6.07, 6.45) is 0. The second-order valence-corrected chi connectivity index (χ2v) is 12.3. The Hall–Kier alpha value is -5.24. The highest BCUT2D eigenvalue weighted by atomic mass is 32.1. The molecule has 0 spiro atoms. The van der Waals surface area contributed by atoms with Gasteiger partial charge in [-0.05, 0) is 77.8 Å². The highest BCUT2D eigenvalue weighted by Crippen LogP contribution is 2.45. The molecule has 9 rings (SSSR count). The molecule has 0 amide bonds. The van der Waals surface area contributed by atoms with Gasteiger partial charge in [0.15, 0.2) is 0 Å². The number of thiophene rings is 1. The van der Waals surface area contributed by atoms with Gasteiger partial charge < -0.3 is 0 Å². The first-order chi connectivity index (χ1) is 21.3. The second kappa shape index (κ2) is 9.66. The van der Waals surface area contributed by atoms with Crippen LogP contribution in [-0.2, 0) is 0 Å². The summed E-state index contributed by atoms with van der Waals surface area (Å²) >= 11 is 1.87. The van der Waals surface area contributed by atoms with Crippen LogP contribution in [0, 0.1) is 0 Å². The third-order valence-electron chi connectivity index (χ3n) is 8.88. The Morgan fingerprint density at radius 1 is 0.302 bits per heavy atom. The number of hydrogen-bond acceptors (Lipinski definition) is 1. The van der Waals surface area contributed by atoms with Gasteiger partial charge in [0.25, 0.3) is 0 Å². The van der Waals surface area contributed by atoms with Crippen LogP contribution in [0.5, 0.6) is 0 Å². The zero-order valence-corrected chi connectivity index (χ0v) is 24.2. The average Bonchev–Trinajstić information content (AvgIpc) is 3.45. The Kier molecular flexibility index (Phi) is 5.47. The van der Waals surface area contributed by atoms with Crippen molar-refractivity contribution in [3.8, 4) is 33.4 Å². The van der Waals surface area contributed by atoms with Crippen LogP contribution in [0.1, 0.15) is 0 Å². The van der Waals surface area contributed by atoms with Crippen LogP contribution in [0.3, 0.4) is 0 Å². The smallest absolute Gasteiger partial charge is 0.0361 e. The standard InChI is InChI=1S/C42H26S/c1-2-12-31-28(10-1)11-9-18-34(31)42-37-16-5-3-14-35(37)41(36-15-4-6-17-38(36)42)29-22-20-27(21-23-29)30-24-25-33-32-13-7-8-19-39(32)43-40(33)26-30/h1-26H. The van der Waals surface area contributed by atoms with Crippen molar-refractivity contribution in [2.75, 3.05) is 0 Å². The van der Waals surface area contributed by atoms with E-state index in [4.69, 9.17) is 0 Å². The Morgan fingerprint density at radius 2 is 0.814 bits per heavy atom. The number of benzene rings is 8. The molecule has 0 nitrogen and oxygen atoms in total. The monoisotopic (exact) mass is 562 g/mol. The lowest BCUT2D eigenvalue weighted by molar-refractivity contribution is 1.64. The van der Waals surface area contributed by atoms with Crippen molar-refractivity contribution in [3.63, 3.8) is 0 Å². The predicted octanol–water partition coefficient (Wildman–Crippen LogP) is 12.5. The molecule has 0 aliphatic rings.